The minimum atomic E-state index is 0.486. The third-order valence-corrected chi connectivity index (χ3v) is 6.96. The monoisotopic (exact) mass is 563 g/mol. The summed E-state index contributed by atoms with van der Waals surface area (Å²) < 4.78 is 28.6. The van der Waals surface area contributed by atoms with Crippen LogP contribution in [0, 0.1) is 0 Å². The van der Waals surface area contributed by atoms with Gasteiger partial charge in [0.25, 0.3) is 0 Å². The average Bonchev–Trinajstić information content (AvgIpc) is 2.99. The Labute approximate surface area is 247 Å². The maximum absolute atomic E-state index is 6.09. The molecule has 3 rings (SSSR count). The van der Waals surface area contributed by atoms with Gasteiger partial charge in [-0.3, -0.25) is 0 Å². The number of hydrogen-bond acceptors (Lipinski definition) is 6. The Bertz CT molecular complexity index is 1170. The summed E-state index contributed by atoms with van der Waals surface area (Å²) >= 11 is 0. The lowest BCUT2D eigenvalue weighted by Gasteiger charge is -2.15. The van der Waals surface area contributed by atoms with E-state index in [2.05, 4.69) is 107 Å². The van der Waals surface area contributed by atoms with Crippen molar-refractivity contribution in [3.63, 3.8) is 0 Å². The van der Waals surface area contributed by atoms with Crippen LogP contribution in [0.15, 0.2) is 72.4 Å². The van der Waals surface area contributed by atoms with Crippen LogP contribution in [0.3, 0.4) is 0 Å². The Morgan fingerprint density at radius 1 is 0.707 bits per heavy atom. The first-order chi connectivity index (χ1) is 20.0. The molecule has 3 aromatic rings. The number of nitrogens with zero attached hydrogens (tertiary/aromatic N) is 1. The van der Waals surface area contributed by atoms with Gasteiger partial charge in [-0.1, -0.05) is 80.9 Å². The molecule has 3 aromatic carbocycles. The number of ether oxygens (including phenoxy) is 5. The van der Waals surface area contributed by atoms with E-state index < -0.39 is 0 Å². The van der Waals surface area contributed by atoms with Crippen LogP contribution in [0.25, 0.3) is 21.9 Å². The molecule has 0 aliphatic heterocycles. The summed E-state index contributed by atoms with van der Waals surface area (Å²) in [5.74, 6) is 1.40. The highest BCUT2D eigenvalue weighted by molar-refractivity contribution is 6.00. The lowest BCUT2D eigenvalue weighted by Crippen LogP contribution is -2.19. The van der Waals surface area contributed by atoms with Gasteiger partial charge in [0.1, 0.15) is 12.4 Å². The van der Waals surface area contributed by atoms with Crippen molar-refractivity contribution in [3.8, 4) is 16.9 Å². The first-order valence-corrected chi connectivity index (χ1v) is 14.9. The second kappa shape index (κ2) is 18.5. The molecule has 0 aromatic heterocycles. The van der Waals surface area contributed by atoms with E-state index in [1.807, 2.05) is 0 Å². The van der Waals surface area contributed by atoms with Gasteiger partial charge in [-0.15, -0.1) is 0 Å². The second-order valence-corrected chi connectivity index (χ2v) is 10.5. The quantitative estimate of drug-likeness (QED) is 0.134. The highest BCUT2D eigenvalue weighted by Crippen LogP contribution is 2.35. The highest BCUT2D eigenvalue weighted by atomic mass is 16.6. The number of allylic oxidation sites excluding steroid dienone is 1. The third kappa shape index (κ3) is 11.5. The molecule has 0 unspecified atom stereocenters. The van der Waals surface area contributed by atoms with E-state index >= 15 is 0 Å². The molecule has 0 saturated carbocycles. The zero-order chi connectivity index (χ0) is 29.3. The van der Waals surface area contributed by atoms with Crippen LogP contribution in [0.4, 0.5) is 0 Å². The molecule has 0 bridgehead atoms. The average molecular weight is 564 g/mol. The van der Waals surface area contributed by atoms with Crippen LogP contribution in [0.1, 0.15) is 45.6 Å². The van der Waals surface area contributed by atoms with Crippen LogP contribution in [0.5, 0.6) is 5.75 Å². The van der Waals surface area contributed by atoms with Gasteiger partial charge in [0.2, 0.25) is 0 Å². The Hall–Kier alpha value is -2.90. The van der Waals surface area contributed by atoms with Crippen LogP contribution in [-0.2, 0) is 18.9 Å². The van der Waals surface area contributed by atoms with E-state index in [1.54, 1.807) is 0 Å². The van der Waals surface area contributed by atoms with Crippen molar-refractivity contribution in [1.82, 2.24) is 4.90 Å². The summed E-state index contributed by atoms with van der Waals surface area (Å²) in [4.78, 5) is 2.16. The summed E-state index contributed by atoms with van der Waals surface area (Å²) in [7, 11) is 2.07. The summed E-state index contributed by atoms with van der Waals surface area (Å²) in [6, 6.07) is 21.5. The van der Waals surface area contributed by atoms with Gasteiger partial charge in [0.15, 0.2) is 0 Å². The fourth-order valence-corrected chi connectivity index (χ4v) is 4.41. The summed E-state index contributed by atoms with van der Waals surface area (Å²) in [5, 5.41) is 2.30. The van der Waals surface area contributed by atoms with Crippen molar-refractivity contribution >= 4 is 10.8 Å². The van der Waals surface area contributed by atoms with Gasteiger partial charge >= 0.3 is 0 Å². The first kappa shape index (κ1) is 32.6. The predicted octanol–water partition coefficient (Wildman–Crippen LogP) is 7.32. The molecule has 0 atom stereocenters. The van der Waals surface area contributed by atoms with Crippen molar-refractivity contribution in [1.29, 1.82) is 0 Å². The molecular formula is C35H49NO5. The highest BCUT2D eigenvalue weighted by Gasteiger charge is 2.09. The van der Waals surface area contributed by atoms with Crippen molar-refractivity contribution in [2.24, 2.45) is 0 Å². The zero-order valence-electron chi connectivity index (χ0n) is 25.7. The second-order valence-electron chi connectivity index (χ2n) is 10.5. The molecule has 0 fully saturated rings. The number of fused-ring (bicyclic) bond motifs is 1. The Morgan fingerprint density at radius 2 is 1.27 bits per heavy atom. The molecule has 0 radical (unpaired) electrons. The van der Waals surface area contributed by atoms with E-state index in [-0.39, 0.29) is 0 Å². The van der Waals surface area contributed by atoms with Gasteiger partial charge in [-0.05, 0) is 53.6 Å². The van der Waals surface area contributed by atoms with E-state index in [4.69, 9.17) is 23.7 Å². The molecule has 0 heterocycles. The Balaban J connectivity index is 1.25. The molecule has 0 saturated heterocycles. The Kier molecular flexibility index (Phi) is 14.7. The topological polar surface area (TPSA) is 49.4 Å². The van der Waals surface area contributed by atoms with Gasteiger partial charge in [-0.2, -0.15) is 0 Å². The van der Waals surface area contributed by atoms with Crippen molar-refractivity contribution in [2.75, 3.05) is 73.1 Å². The zero-order valence-corrected chi connectivity index (χ0v) is 25.7. The predicted molar refractivity (Wildman–Crippen MR) is 169 cm³/mol. The van der Waals surface area contributed by atoms with Gasteiger partial charge in [0, 0.05) is 19.0 Å². The van der Waals surface area contributed by atoms with Gasteiger partial charge < -0.3 is 28.6 Å². The molecule has 0 N–H and O–H groups in total. The number of hydrogen-bond donors (Lipinski definition) is 0. The SMILES string of the molecule is CC/C(C)=C/N(C)CCOCCOCCOCCOCCOc1ccc(-c2ccc(C(C)C)cc2)c2ccccc12. The lowest BCUT2D eigenvalue weighted by atomic mass is 9.95. The van der Waals surface area contributed by atoms with Crippen LogP contribution in [-0.4, -0.2) is 78.0 Å². The molecular weight excluding hydrogens is 514 g/mol. The largest absolute Gasteiger partial charge is 0.491 e. The number of benzene rings is 3. The van der Waals surface area contributed by atoms with Crippen molar-refractivity contribution in [2.45, 2.75) is 40.0 Å². The number of likely N-dealkylation sites (N-methyl/N-ethyl adjacent to an activating group) is 1. The molecule has 0 spiro atoms. The molecule has 224 valence electrons. The summed E-state index contributed by atoms with van der Waals surface area (Å²) in [6.45, 7) is 14.6. The third-order valence-electron chi connectivity index (χ3n) is 6.96. The van der Waals surface area contributed by atoms with E-state index in [0.29, 0.717) is 65.4 Å². The van der Waals surface area contributed by atoms with Crippen LogP contribution < -0.4 is 4.74 Å². The minimum absolute atomic E-state index is 0.486. The molecule has 0 aliphatic carbocycles. The normalized spacial score (nSPS) is 11.9. The van der Waals surface area contributed by atoms with E-state index in [9.17, 15) is 0 Å². The smallest absolute Gasteiger partial charge is 0.127 e. The van der Waals surface area contributed by atoms with E-state index in [0.717, 1.165) is 24.1 Å². The van der Waals surface area contributed by atoms with Gasteiger partial charge in [-0.25, -0.2) is 0 Å². The fourth-order valence-electron chi connectivity index (χ4n) is 4.41. The molecule has 0 amide bonds. The van der Waals surface area contributed by atoms with Crippen LogP contribution >= 0.6 is 0 Å². The van der Waals surface area contributed by atoms with Gasteiger partial charge in [0.05, 0.1) is 52.9 Å². The number of rotatable bonds is 20. The fraction of sp³-hybridized carbons (Fsp3) is 0.486. The molecule has 41 heavy (non-hydrogen) atoms. The summed E-state index contributed by atoms with van der Waals surface area (Å²) in [6.07, 6.45) is 3.24. The standard InChI is InChI=1S/C35H49NO5/c1-6-29(4)27-36(5)17-18-37-19-20-38-21-22-39-23-24-40-25-26-41-35-16-15-32(33-9-7-8-10-34(33)35)31-13-11-30(12-14-31)28(2)3/h7-16,27-28H,6,17-26H2,1-5H3/b29-27+. The maximum atomic E-state index is 6.09. The maximum Gasteiger partial charge on any atom is 0.127 e. The first-order valence-electron chi connectivity index (χ1n) is 14.9. The van der Waals surface area contributed by atoms with Crippen LogP contribution in [0.2, 0.25) is 0 Å². The van der Waals surface area contributed by atoms with E-state index in [1.165, 1.54) is 27.6 Å². The molecule has 6 nitrogen and oxygen atoms in total. The molecule has 0 aliphatic rings. The minimum Gasteiger partial charge on any atom is -0.491 e. The molecule has 6 heteroatoms. The van der Waals surface area contributed by atoms with Crippen molar-refractivity contribution in [3.05, 3.63) is 78.0 Å². The summed E-state index contributed by atoms with van der Waals surface area (Å²) in [5.41, 5.74) is 5.15. The van der Waals surface area contributed by atoms with Crippen molar-refractivity contribution < 1.29 is 23.7 Å². The lowest BCUT2D eigenvalue weighted by molar-refractivity contribution is -0.00527. The Morgan fingerprint density at radius 3 is 1.85 bits per heavy atom.